The molecule has 148 valence electrons. The van der Waals surface area contributed by atoms with Gasteiger partial charge < -0.3 is 20.4 Å². The summed E-state index contributed by atoms with van der Waals surface area (Å²) < 4.78 is 14.0. The third kappa shape index (κ3) is 4.64. The minimum Gasteiger partial charge on any atom is -0.341 e. The van der Waals surface area contributed by atoms with Crippen LogP contribution in [0.25, 0.3) is 0 Å². The molecule has 1 atom stereocenters. The first-order chi connectivity index (χ1) is 12.9. The molecule has 2 N–H and O–H groups in total. The van der Waals surface area contributed by atoms with Crippen molar-refractivity contribution in [2.75, 3.05) is 20.1 Å². The predicted octanol–water partition coefficient (Wildman–Crippen LogP) is 3.27. The first-order valence-electron chi connectivity index (χ1n) is 9.38. The molecule has 4 amide bonds. The average molecular weight is 397 g/mol. The number of carbonyl (C=O) groups is 2. The second-order valence-electron chi connectivity index (χ2n) is 7.29. The molecule has 3 rings (SSSR count). The van der Waals surface area contributed by atoms with Gasteiger partial charge in [0.1, 0.15) is 5.82 Å². The van der Waals surface area contributed by atoms with Gasteiger partial charge in [0.2, 0.25) is 0 Å². The maximum atomic E-state index is 14.0. The Labute approximate surface area is 164 Å². The van der Waals surface area contributed by atoms with Crippen LogP contribution in [-0.2, 0) is 6.54 Å². The van der Waals surface area contributed by atoms with Crippen molar-refractivity contribution in [2.24, 2.45) is 0 Å². The lowest BCUT2D eigenvalue weighted by Crippen LogP contribution is -2.55. The molecule has 1 saturated carbocycles. The minimum absolute atomic E-state index is 0.0199. The number of carbonyl (C=O) groups excluding carboxylic acids is 2. The number of urea groups is 2. The van der Waals surface area contributed by atoms with Crippen LogP contribution in [0, 0.1) is 12.7 Å². The van der Waals surface area contributed by atoms with Crippen LogP contribution in [-0.4, -0.2) is 54.1 Å². The Kier molecular flexibility index (Phi) is 6.09. The summed E-state index contributed by atoms with van der Waals surface area (Å²) in [6.45, 7) is 3.04. The van der Waals surface area contributed by atoms with E-state index in [9.17, 15) is 14.0 Å². The third-order valence-corrected chi connectivity index (χ3v) is 5.63. The van der Waals surface area contributed by atoms with E-state index in [1.54, 1.807) is 24.9 Å². The second kappa shape index (κ2) is 8.33. The minimum atomic E-state index is -0.429. The number of likely N-dealkylation sites (tertiary alicyclic amines) is 1. The number of benzene rings is 1. The summed E-state index contributed by atoms with van der Waals surface area (Å²) in [5.41, 5.74) is 1.18. The van der Waals surface area contributed by atoms with E-state index < -0.39 is 5.82 Å². The average Bonchev–Trinajstić information content (AvgIpc) is 3.48. The molecular formula is C19H26ClFN4O2. The number of rotatable bonds is 4. The quantitative estimate of drug-likeness (QED) is 0.820. The fourth-order valence-corrected chi connectivity index (χ4v) is 3.76. The number of nitrogens with one attached hydrogen (secondary N) is 2. The molecule has 1 aliphatic carbocycles. The van der Waals surface area contributed by atoms with Crippen molar-refractivity contribution in [3.8, 4) is 0 Å². The van der Waals surface area contributed by atoms with Gasteiger partial charge in [0.25, 0.3) is 0 Å². The number of aryl methyl sites for hydroxylation is 1. The topological polar surface area (TPSA) is 64.7 Å². The van der Waals surface area contributed by atoms with Gasteiger partial charge in [-0.1, -0.05) is 11.6 Å². The first kappa shape index (κ1) is 19.7. The van der Waals surface area contributed by atoms with Gasteiger partial charge in [-0.2, -0.15) is 0 Å². The maximum absolute atomic E-state index is 14.0. The molecule has 1 heterocycles. The highest BCUT2D eigenvalue weighted by molar-refractivity contribution is 6.31. The maximum Gasteiger partial charge on any atom is 0.317 e. The zero-order valence-corrected chi connectivity index (χ0v) is 16.5. The van der Waals surface area contributed by atoms with E-state index in [0.29, 0.717) is 23.7 Å². The van der Waals surface area contributed by atoms with E-state index in [0.717, 1.165) is 31.2 Å². The molecule has 0 radical (unpaired) electrons. The van der Waals surface area contributed by atoms with Gasteiger partial charge in [-0.3, -0.25) is 0 Å². The Morgan fingerprint density at radius 1 is 1.30 bits per heavy atom. The van der Waals surface area contributed by atoms with Crippen molar-refractivity contribution in [2.45, 2.75) is 51.2 Å². The largest absolute Gasteiger partial charge is 0.341 e. The van der Waals surface area contributed by atoms with Crippen LogP contribution in [0.2, 0.25) is 5.02 Å². The molecule has 2 aliphatic rings. The van der Waals surface area contributed by atoms with Crippen molar-refractivity contribution in [3.05, 3.63) is 34.1 Å². The Balaban J connectivity index is 1.60. The smallest absolute Gasteiger partial charge is 0.317 e. The van der Waals surface area contributed by atoms with E-state index in [1.165, 1.54) is 6.07 Å². The van der Waals surface area contributed by atoms with E-state index >= 15 is 0 Å². The van der Waals surface area contributed by atoms with Crippen LogP contribution in [0.3, 0.4) is 0 Å². The lowest BCUT2D eigenvalue weighted by atomic mass is 10.0. The van der Waals surface area contributed by atoms with Crippen LogP contribution in [0.4, 0.5) is 14.0 Å². The van der Waals surface area contributed by atoms with Crippen LogP contribution in [0.15, 0.2) is 12.1 Å². The molecule has 6 nitrogen and oxygen atoms in total. The van der Waals surface area contributed by atoms with Gasteiger partial charge in [0.15, 0.2) is 0 Å². The first-order valence-corrected chi connectivity index (χ1v) is 9.76. The van der Waals surface area contributed by atoms with E-state index in [-0.39, 0.29) is 30.7 Å². The molecular weight excluding hydrogens is 371 g/mol. The number of hydrogen-bond donors (Lipinski definition) is 2. The van der Waals surface area contributed by atoms with Gasteiger partial charge in [0, 0.05) is 43.3 Å². The molecule has 1 aromatic rings. The summed E-state index contributed by atoms with van der Waals surface area (Å²) in [4.78, 5) is 28.4. The van der Waals surface area contributed by atoms with Gasteiger partial charge in [-0.05, 0) is 50.3 Å². The fourth-order valence-electron chi connectivity index (χ4n) is 3.61. The van der Waals surface area contributed by atoms with Gasteiger partial charge in [-0.25, -0.2) is 14.0 Å². The highest BCUT2D eigenvalue weighted by Gasteiger charge is 2.39. The standard InChI is InChI=1S/C19H26ClFN4O2/c1-12-8-13(17(21)9-16(12)20)10-23-19(27)24-7-3-4-15(11-24)25(14-5-6-14)18(26)22-2/h8-9,14-15H,3-7,10-11H2,1-2H3,(H,22,26)(H,23,27)/t15-/m1/s1. The summed E-state index contributed by atoms with van der Waals surface area (Å²) in [6.07, 6.45) is 3.77. The SMILES string of the molecule is CNC(=O)N(C1CC1)[C@@H]1CCCN(C(=O)NCc2cc(C)c(Cl)cc2F)C1. The molecule has 1 saturated heterocycles. The van der Waals surface area contributed by atoms with Gasteiger partial charge in [0.05, 0.1) is 6.04 Å². The van der Waals surface area contributed by atoms with Crippen molar-refractivity contribution in [1.82, 2.24) is 20.4 Å². The van der Waals surface area contributed by atoms with E-state index in [4.69, 9.17) is 11.6 Å². The molecule has 0 bridgehead atoms. The summed E-state index contributed by atoms with van der Waals surface area (Å²) in [5.74, 6) is -0.429. The number of piperidine rings is 1. The molecule has 8 heteroatoms. The van der Waals surface area contributed by atoms with Crippen molar-refractivity contribution < 1.29 is 14.0 Å². The van der Waals surface area contributed by atoms with Gasteiger partial charge in [-0.15, -0.1) is 0 Å². The summed E-state index contributed by atoms with van der Waals surface area (Å²) in [7, 11) is 1.63. The molecule has 0 aromatic heterocycles. The van der Waals surface area contributed by atoms with Crippen LogP contribution < -0.4 is 10.6 Å². The van der Waals surface area contributed by atoms with Gasteiger partial charge >= 0.3 is 12.1 Å². The van der Waals surface area contributed by atoms with E-state index in [1.807, 2.05) is 4.90 Å². The third-order valence-electron chi connectivity index (χ3n) is 5.22. The Morgan fingerprint density at radius 2 is 2.04 bits per heavy atom. The van der Waals surface area contributed by atoms with Crippen molar-refractivity contribution >= 4 is 23.7 Å². The zero-order chi connectivity index (χ0) is 19.6. The van der Waals surface area contributed by atoms with Crippen molar-refractivity contribution in [3.63, 3.8) is 0 Å². The molecule has 0 spiro atoms. The molecule has 2 fully saturated rings. The lowest BCUT2D eigenvalue weighted by Gasteiger charge is -2.39. The summed E-state index contributed by atoms with van der Waals surface area (Å²) in [6, 6.07) is 2.90. The zero-order valence-electron chi connectivity index (χ0n) is 15.7. The summed E-state index contributed by atoms with van der Waals surface area (Å²) in [5, 5.41) is 5.87. The van der Waals surface area contributed by atoms with E-state index in [2.05, 4.69) is 10.6 Å². The Bertz CT molecular complexity index is 726. The van der Waals surface area contributed by atoms with Crippen molar-refractivity contribution in [1.29, 1.82) is 0 Å². The predicted molar refractivity (Wildman–Crippen MR) is 102 cm³/mol. The number of halogens is 2. The fraction of sp³-hybridized carbons (Fsp3) is 0.579. The molecule has 27 heavy (non-hydrogen) atoms. The van der Waals surface area contributed by atoms with Crippen LogP contribution >= 0.6 is 11.6 Å². The lowest BCUT2D eigenvalue weighted by molar-refractivity contribution is 0.116. The normalized spacial score (nSPS) is 19.6. The number of amides is 4. The van der Waals surface area contributed by atoms with Crippen LogP contribution in [0.1, 0.15) is 36.8 Å². The molecule has 1 aromatic carbocycles. The highest BCUT2D eigenvalue weighted by atomic mass is 35.5. The molecule has 0 unspecified atom stereocenters. The van der Waals surface area contributed by atoms with Crippen LogP contribution in [0.5, 0.6) is 0 Å². The summed E-state index contributed by atoms with van der Waals surface area (Å²) >= 11 is 5.91. The Morgan fingerprint density at radius 3 is 2.70 bits per heavy atom. The monoisotopic (exact) mass is 396 g/mol. The number of hydrogen-bond acceptors (Lipinski definition) is 2. The second-order valence-corrected chi connectivity index (χ2v) is 7.69. The Hall–Kier alpha value is -2.02. The number of nitrogens with zero attached hydrogens (tertiary/aromatic N) is 2. The highest BCUT2D eigenvalue weighted by Crippen LogP contribution is 2.31. The molecule has 1 aliphatic heterocycles.